The molecule has 0 spiro atoms. The van der Waals surface area contributed by atoms with Gasteiger partial charge in [0.2, 0.25) is 11.8 Å². The Morgan fingerprint density at radius 2 is 1.94 bits per heavy atom. The van der Waals surface area contributed by atoms with E-state index in [9.17, 15) is 18.8 Å². The van der Waals surface area contributed by atoms with Gasteiger partial charge in [-0.1, -0.05) is 0 Å². The molecule has 0 radical (unpaired) electrons. The highest BCUT2D eigenvalue weighted by Gasteiger charge is 2.35. The molecule has 3 aromatic rings. The van der Waals surface area contributed by atoms with Crippen LogP contribution >= 0.6 is 0 Å². The molecule has 3 heterocycles. The second kappa shape index (κ2) is 8.61. The van der Waals surface area contributed by atoms with Crippen molar-refractivity contribution in [3.05, 3.63) is 65.1 Å². The Morgan fingerprint density at radius 3 is 2.64 bits per heavy atom. The van der Waals surface area contributed by atoms with E-state index in [4.69, 9.17) is 0 Å². The van der Waals surface area contributed by atoms with Gasteiger partial charge in [-0.15, -0.1) is 5.10 Å². The molecule has 1 aliphatic carbocycles. The summed E-state index contributed by atoms with van der Waals surface area (Å²) in [5.41, 5.74) is 1.13. The van der Waals surface area contributed by atoms with Crippen LogP contribution in [0.2, 0.25) is 0 Å². The number of carbonyl (C=O) groups excluding carboxylic acids is 2. The van der Waals surface area contributed by atoms with E-state index in [1.54, 1.807) is 23.0 Å². The fraction of sp³-hybridized carbons (Fsp3) is 0.348. The monoisotopic (exact) mass is 450 g/mol. The third-order valence-electron chi connectivity index (χ3n) is 5.96. The lowest BCUT2D eigenvalue weighted by atomic mass is 10.1. The average molecular weight is 450 g/mol. The number of hydrogen-bond acceptors (Lipinski definition) is 5. The predicted molar refractivity (Wildman–Crippen MR) is 118 cm³/mol. The van der Waals surface area contributed by atoms with Crippen molar-refractivity contribution in [3.63, 3.8) is 0 Å². The highest BCUT2D eigenvalue weighted by Crippen LogP contribution is 2.36. The average Bonchev–Trinajstić information content (AvgIpc) is 3.50. The summed E-state index contributed by atoms with van der Waals surface area (Å²) in [7, 11) is 0. The number of benzene rings is 1. The van der Waals surface area contributed by atoms with Gasteiger partial charge in [-0.3, -0.25) is 19.1 Å². The molecule has 2 aliphatic rings. The van der Waals surface area contributed by atoms with Gasteiger partial charge < -0.3 is 10.2 Å². The molecule has 2 amide bonds. The fourth-order valence-electron chi connectivity index (χ4n) is 4.10. The van der Waals surface area contributed by atoms with Crippen LogP contribution in [0, 0.1) is 11.7 Å². The number of anilines is 1. The molecular formula is C23H23FN6O3. The molecule has 10 heteroatoms. The van der Waals surface area contributed by atoms with Crippen molar-refractivity contribution in [1.29, 1.82) is 0 Å². The lowest BCUT2D eigenvalue weighted by Gasteiger charge is -2.16. The zero-order valence-corrected chi connectivity index (χ0v) is 17.9. The van der Waals surface area contributed by atoms with Crippen molar-refractivity contribution < 1.29 is 14.0 Å². The molecule has 1 aliphatic heterocycles. The Kier molecular flexibility index (Phi) is 5.49. The Labute approximate surface area is 188 Å². The Balaban J connectivity index is 1.22. The lowest BCUT2D eigenvalue weighted by molar-refractivity contribution is -0.126. The van der Waals surface area contributed by atoms with Crippen LogP contribution in [-0.4, -0.2) is 44.2 Å². The van der Waals surface area contributed by atoms with E-state index in [2.05, 4.69) is 15.4 Å². The summed E-state index contributed by atoms with van der Waals surface area (Å²) >= 11 is 0. The van der Waals surface area contributed by atoms with Gasteiger partial charge in [0.15, 0.2) is 5.82 Å². The third-order valence-corrected chi connectivity index (χ3v) is 5.96. The van der Waals surface area contributed by atoms with Gasteiger partial charge in [0.1, 0.15) is 5.82 Å². The second-order valence-electron chi connectivity index (χ2n) is 8.35. The number of halogens is 1. The van der Waals surface area contributed by atoms with Crippen LogP contribution in [0.3, 0.4) is 0 Å². The minimum absolute atomic E-state index is 0.0879. The van der Waals surface area contributed by atoms with Gasteiger partial charge >= 0.3 is 5.69 Å². The van der Waals surface area contributed by atoms with Crippen molar-refractivity contribution >= 4 is 17.5 Å². The van der Waals surface area contributed by atoms with Crippen LogP contribution in [0.1, 0.15) is 25.3 Å². The van der Waals surface area contributed by atoms with Gasteiger partial charge in [-0.2, -0.15) is 0 Å². The summed E-state index contributed by atoms with van der Waals surface area (Å²) in [4.78, 5) is 43.5. The van der Waals surface area contributed by atoms with E-state index < -0.39 is 5.92 Å². The first-order valence-electron chi connectivity index (χ1n) is 10.9. The smallest absolute Gasteiger partial charge is 0.346 e. The number of carbonyl (C=O) groups is 2. The molecule has 1 unspecified atom stereocenters. The predicted octanol–water partition coefficient (Wildman–Crippen LogP) is 1.75. The van der Waals surface area contributed by atoms with Gasteiger partial charge in [0, 0.05) is 49.2 Å². The van der Waals surface area contributed by atoms with E-state index in [0.717, 1.165) is 18.4 Å². The summed E-state index contributed by atoms with van der Waals surface area (Å²) in [5, 5.41) is 7.31. The molecule has 2 fully saturated rings. The largest absolute Gasteiger partial charge is 0.354 e. The lowest BCUT2D eigenvalue weighted by Crippen LogP contribution is -2.36. The Bertz CT molecular complexity index is 1230. The highest BCUT2D eigenvalue weighted by molar-refractivity contribution is 6.00. The highest BCUT2D eigenvalue weighted by atomic mass is 19.1. The van der Waals surface area contributed by atoms with Crippen LogP contribution in [0.25, 0.3) is 11.4 Å². The molecule has 1 aromatic carbocycles. The van der Waals surface area contributed by atoms with Crippen LogP contribution in [0.4, 0.5) is 10.1 Å². The van der Waals surface area contributed by atoms with Crippen molar-refractivity contribution in [1.82, 2.24) is 24.6 Å². The molecule has 1 atom stereocenters. The topological polar surface area (TPSA) is 102 Å². The number of nitrogens with one attached hydrogen (secondary N) is 1. The summed E-state index contributed by atoms with van der Waals surface area (Å²) in [5.74, 6) is -0.740. The quantitative estimate of drug-likeness (QED) is 0.591. The normalized spacial score (nSPS) is 18.0. The minimum Gasteiger partial charge on any atom is -0.354 e. The number of hydrogen-bond donors (Lipinski definition) is 1. The van der Waals surface area contributed by atoms with E-state index in [1.807, 2.05) is 6.07 Å². The molecule has 1 N–H and O–H groups in total. The maximum absolute atomic E-state index is 13.2. The maximum atomic E-state index is 13.2. The van der Waals surface area contributed by atoms with E-state index in [1.165, 1.54) is 33.8 Å². The molecule has 33 heavy (non-hydrogen) atoms. The SMILES string of the molecule is O=C(NCCn1nc(-c2cccnc2)n(C2CC2)c1=O)C1CC(=O)N(c2ccc(F)cc2)C1. The fourth-order valence-corrected chi connectivity index (χ4v) is 4.10. The van der Waals surface area contributed by atoms with Crippen LogP contribution in [0.15, 0.2) is 53.6 Å². The first-order valence-corrected chi connectivity index (χ1v) is 10.9. The van der Waals surface area contributed by atoms with Gasteiger partial charge in [-0.25, -0.2) is 13.9 Å². The summed E-state index contributed by atoms with van der Waals surface area (Å²) in [6.07, 6.45) is 5.31. The molecule has 170 valence electrons. The number of aromatic nitrogens is 4. The van der Waals surface area contributed by atoms with E-state index in [0.29, 0.717) is 11.5 Å². The second-order valence-corrected chi connectivity index (χ2v) is 8.35. The van der Waals surface area contributed by atoms with Gasteiger partial charge in [0.05, 0.1) is 12.5 Å². The molecule has 2 aromatic heterocycles. The summed E-state index contributed by atoms with van der Waals surface area (Å²) in [6.45, 7) is 0.672. The maximum Gasteiger partial charge on any atom is 0.346 e. The zero-order chi connectivity index (χ0) is 22.9. The molecular weight excluding hydrogens is 427 g/mol. The van der Waals surface area contributed by atoms with E-state index >= 15 is 0 Å². The van der Waals surface area contributed by atoms with Crippen molar-refractivity contribution in [2.45, 2.75) is 31.8 Å². The van der Waals surface area contributed by atoms with Crippen molar-refractivity contribution in [3.8, 4) is 11.4 Å². The third kappa shape index (κ3) is 4.28. The molecule has 1 saturated carbocycles. The van der Waals surface area contributed by atoms with Crippen LogP contribution in [0.5, 0.6) is 0 Å². The number of amides is 2. The molecule has 0 bridgehead atoms. The number of nitrogens with zero attached hydrogens (tertiary/aromatic N) is 5. The number of pyridine rings is 1. The standard InChI is InChI=1S/C23H23FN6O3/c24-17-3-5-18(6-4-17)28-14-16(12-20(28)31)22(32)26-10-11-29-23(33)30(19-7-8-19)21(27-29)15-2-1-9-25-13-15/h1-6,9,13,16,19H,7-8,10-12,14H2,(H,26,32). The molecule has 5 rings (SSSR count). The Hall–Kier alpha value is -3.82. The summed E-state index contributed by atoms with van der Waals surface area (Å²) < 4.78 is 16.2. The van der Waals surface area contributed by atoms with Crippen molar-refractivity contribution in [2.75, 3.05) is 18.0 Å². The van der Waals surface area contributed by atoms with Gasteiger partial charge in [-0.05, 0) is 49.2 Å². The van der Waals surface area contributed by atoms with E-state index in [-0.39, 0.29) is 55.4 Å². The number of rotatable bonds is 7. The van der Waals surface area contributed by atoms with Crippen LogP contribution in [-0.2, 0) is 16.1 Å². The van der Waals surface area contributed by atoms with Gasteiger partial charge in [0.25, 0.3) is 0 Å². The zero-order valence-electron chi connectivity index (χ0n) is 17.9. The first kappa shape index (κ1) is 21.0. The van der Waals surface area contributed by atoms with Crippen LogP contribution < -0.4 is 15.9 Å². The minimum atomic E-state index is -0.505. The molecule has 9 nitrogen and oxygen atoms in total. The summed E-state index contributed by atoms with van der Waals surface area (Å²) in [6, 6.07) is 9.44. The first-order chi connectivity index (χ1) is 16.0. The Morgan fingerprint density at radius 1 is 1.15 bits per heavy atom. The van der Waals surface area contributed by atoms with Crippen molar-refractivity contribution in [2.24, 2.45) is 5.92 Å². The molecule has 1 saturated heterocycles.